The van der Waals surface area contributed by atoms with E-state index < -0.39 is 28.5 Å². The molecular weight excluding hydrogens is 609 g/mol. The summed E-state index contributed by atoms with van der Waals surface area (Å²) in [6, 6.07) is 15.9. The number of nitrogens with zero attached hydrogens (tertiary/aromatic N) is 2. The molecule has 3 aromatic carbocycles. The summed E-state index contributed by atoms with van der Waals surface area (Å²) >= 11 is 18.8. The van der Waals surface area contributed by atoms with Crippen LogP contribution in [-0.4, -0.2) is 50.9 Å². The Balaban J connectivity index is 2.14. The second-order valence-electron chi connectivity index (χ2n) is 9.49. The maximum absolute atomic E-state index is 14.2. The summed E-state index contributed by atoms with van der Waals surface area (Å²) in [7, 11) is -2.90. The molecule has 0 bridgehead atoms. The van der Waals surface area contributed by atoms with E-state index in [9.17, 15) is 18.0 Å². The molecule has 1 atom stereocenters. The van der Waals surface area contributed by atoms with Crippen LogP contribution in [0.3, 0.4) is 0 Å². The Morgan fingerprint density at radius 3 is 2.17 bits per heavy atom. The Kier molecular flexibility index (Phi) is 11.3. The first-order chi connectivity index (χ1) is 19.4. The molecule has 0 aliphatic rings. The van der Waals surface area contributed by atoms with Gasteiger partial charge in [-0.05, 0) is 68.3 Å². The van der Waals surface area contributed by atoms with E-state index in [0.717, 1.165) is 4.31 Å². The number of carbonyl (C=O) groups excluding carboxylic acids is 2. The van der Waals surface area contributed by atoms with Crippen LogP contribution >= 0.6 is 34.8 Å². The van der Waals surface area contributed by atoms with Crippen molar-refractivity contribution in [3.8, 4) is 5.75 Å². The third-order valence-corrected chi connectivity index (χ3v) is 8.79. The van der Waals surface area contributed by atoms with Gasteiger partial charge in [-0.15, -0.1) is 0 Å². The smallest absolute Gasteiger partial charge is 0.264 e. The lowest BCUT2D eigenvalue weighted by atomic mass is 10.1. The zero-order valence-corrected chi connectivity index (χ0v) is 26.2. The van der Waals surface area contributed by atoms with E-state index in [0.29, 0.717) is 15.6 Å². The summed E-state index contributed by atoms with van der Waals surface area (Å²) in [6.07, 6.45) is 0.265. The molecule has 1 N–H and O–H groups in total. The number of anilines is 1. The Morgan fingerprint density at radius 1 is 0.951 bits per heavy atom. The number of hydrogen-bond donors (Lipinski definition) is 1. The van der Waals surface area contributed by atoms with Crippen LogP contribution in [0, 0.1) is 0 Å². The van der Waals surface area contributed by atoms with E-state index in [-0.39, 0.29) is 46.3 Å². The molecule has 1 unspecified atom stereocenters. The number of amides is 2. The van der Waals surface area contributed by atoms with Crippen molar-refractivity contribution in [2.45, 2.75) is 50.7 Å². The molecule has 0 aliphatic carbocycles. The van der Waals surface area contributed by atoms with E-state index in [1.165, 1.54) is 36.3 Å². The number of benzene rings is 3. The van der Waals surface area contributed by atoms with Crippen molar-refractivity contribution < 1.29 is 22.7 Å². The largest absolute Gasteiger partial charge is 0.495 e. The van der Waals surface area contributed by atoms with Crippen molar-refractivity contribution in [1.82, 2.24) is 10.2 Å². The van der Waals surface area contributed by atoms with Gasteiger partial charge in [0.2, 0.25) is 11.8 Å². The van der Waals surface area contributed by atoms with Crippen molar-refractivity contribution in [2.24, 2.45) is 0 Å². The summed E-state index contributed by atoms with van der Waals surface area (Å²) in [5.74, 6) is -0.819. The van der Waals surface area contributed by atoms with Gasteiger partial charge < -0.3 is 15.0 Å². The number of hydrogen-bond acceptors (Lipinski definition) is 5. The fourth-order valence-electron chi connectivity index (χ4n) is 4.22. The molecule has 8 nitrogen and oxygen atoms in total. The average Bonchev–Trinajstić information content (AvgIpc) is 2.92. The average molecular weight is 641 g/mol. The topological polar surface area (TPSA) is 96.0 Å². The van der Waals surface area contributed by atoms with Gasteiger partial charge in [-0.2, -0.15) is 0 Å². The van der Waals surface area contributed by atoms with E-state index >= 15 is 0 Å². The van der Waals surface area contributed by atoms with Gasteiger partial charge in [-0.3, -0.25) is 13.9 Å². The lowest BCUT2D eigenvalue weighted by Crippen LogP contribution is -2.53. The predicted octanol–water partition coefficient (Wildman–Crippen LogP) is 6.18. The fourth-order valence-corrected chi connectivity index (χ4v) is 6.30. The predicted molar refractivity (Wildman–Crippen MR) is 163 cm³/mol. The first kappa shape index (κ1) is 32.5. The molecule has 12 heteroatoms. The second-order valence-corrected chi connectivity index (χ2v) is 12.6. The maximum Gasteiger partial charge on any atom is 0.264 e. The van der Waals surface area contributed by atoms with Gasteiger partial charge in [-0.25, -0.2) is 8.42 Å². The molecule has 0 saturated carbocycles. The minimum Gasteiger partial charge on any atom is -0.495 e. The Morgan fingerprint density at radius 2 is 1.59 bits per heavy atom. The van der Waals surface area contributed by atoms with Crippen molar-refractivity contribution in [2.75, 3.05) is 18.0 Å². The standard InChI is InChI=1S/C29H32Cl3N3O5S/c1-5-25(29(37)33-19(2)3)34(17-20-11-12-21(30)15-24(20)32)28(36)18-35(26-16-22(31)13-14-27(26)40-4)41(38,39)23-9-7-6-8-10-23/h6-16,19,25H,5,17-18H2,1-4H3,(H,33,37). The lowest BCUT2D eigenvalue weighted by Gasteiger charge is -2.34. The SMILES string of the molecule is CCC(C(=O)NC(C)C)N(Cc1ccc(Cl)cc1Cl)C(=O)CN(c1cc(Cl)ccc1OC)S(=O)(=O)c1ccccc1. The molecule has 3 rings (SSSR count). The van der Waals surface area contributed by atoms with Crippen molar-refractivity contribution in [3.05, 3.63) is 87.4 Å². The Bertz CT molecular complexity index is 1490. The fraction of sp³-hybridized carbons (Fsp3) is 0.310. The number of nitrogens with one attached hydrogen (secondary N) is 1. The zero-order chi connectivity index (χ0) is 30.3. The van der Waals surface area contributed by atoms with E-state index in [4.69, 9.17) is 39.5 Å². The van der Waals surface area contributed by atoms with Gasteiger partial charge >= 0.3 is 0 Å². The molecule has 0 spiro atoms. The van der Waals surface area contributed by atoms with Gasteiger partial charge in [0.05, 0.1) is 17.7 Å². The van der Waals surface area contributed by atoms with Gasteiger partial charge in [0.25, 0.3) is 10.0 Å². The number of methoxy groups -OCH3 is 1. The van der Waals surface area contributed by atoms with E-state index in [1.807, 2.05) is 13.8 Å². The quantitative estimate of drug-likeness (QED) is 0.255. The molecule has 3 aromatic rings. The van der Waals surface area contributed by atoms with Crippen LogP contribution in [-0.2, 0) is 26.2 Å². The normalized spacial score (nSPS) is 12.1. The van der Waals surface area contributed by atoms with Crippen molar-refractivity contribution in [3.63, 3.8) is 0 Å². The summed E-state index contributed by atoms with van der Waals surface area (Å²) in [6.45, 7) is 4.68. The summed E-state index contributed by atoms with van der Waals surface area (Å²) in [5, 5.41) is 3.81. The highest BCUT2D eigenvalue weighted by atomic mass is 35.5. The summed E-state index contributed by atoms with van der Waals surface area (Å²) in [5.41, 5.74) is 0.611. The number of sulfonamides is 1. The molecule has 0 heterocycles. The maximum atomic E-state index is 14.2. The van der Waals surface area contributed by atoms with Crippen LogP contribution in [0.4, 0.5) is 5.69 Å². The van der Waals surface area contributed by atoms with Crippen molar-refractivity contribution >= 4 is 62.3 Å². The van der Waals surface area contributed by atoms with Gasteiger partial charge in [0.1, 0.15) is 18.3 Å². The van der Waals surface area contributed by atoms with Gasteiger partial charge in [0.15, 0.2) is 0 Å². The molecule has 41 heavy (non-hydrogen) atoms. The van der Waals surface area contributed by atoms with E-state index in [1.54, 1.807) is 49.4 Å². The molecule has 0 aromatic heterocycles. The molecular formula is C29H32Cl3N3O5S. The lowest BCUT2D eigenvalue weighted by molar-refractivity contribution is -0.140. The zero-order valence-electron chi connectivity index (χ0n) is 23.1. The molecule has 0 radical (unpaired) electrons. The molecule has 220 valence electrons. The van der Waals surface area contributed by atoms with Gasteiger partial charge in [-0.1, -0.05) is 66.0 Å². The highest BCUT2D eigenvalue weighted by Gasteiger charge is 2.35. The Hall–Kier alpha value is -2.98. The van der Waals surface area contributed by atoms with E-state index in [2.05, 4.69) is 5.32 Å². The van der Waals surface area contributed by atoms with Gasteiger partial charge in [0, 0.05) is 27.7 Å². The minimum atomic E-state index is -4.29. The number of halogens is 3. The van der Waals surface area contributed by atoms with Crippen molar-refractivity contribution in [1.29, 1.82) is 0 Å². The molecule has 2 amide bonds. The first-order valence-corrected chi connectivity index (χ1v) is 15.4. The third kappa shape index (κ3) is 8.07. The number of carbonyl (C=O) groups is 2. The summed E-state index contributed by atoms with van der Waals surface area (Å²) in [4.78, 5) is 28.7. The third-order valence-electron chi connectivity index (χ3n) is 6.19. The summed E-state index contributed by atoms with van der Waals surface area (Å²) < 4.78 is 34.3. The number of ether oxygens (including phenoxy) is 1. The first-order valence-electron chi connectivity index (χ1n) is 12.8. The van der Waals surface area contributed by atoms with Crippen LogP contribution in [0.2, 0.25) is 15.1 Å². The molecule has 0 fully saturated rings. The second kappa shape index (κ2) is 14.3. The Labute approximate surface area is 256 Å². The van der Waals surface area contributed by atoms with Crippen LogP contribution in [0.15, 0.2) is 71.6 Å². The minimum absolute atomic E-state index is 0.0354. The number of rotatable bonds is 12. The highest BCUT2D eigenvalue weighted by molar-refractivity contribution is 7.92. The molecule has 0 saturated heterocycles. The highest BCUT2D eigenvalue weighted by Crippen LogP contribution is 2.35. The monoisotopic (exact) mass is 639 g/mol. The van der Waals surface area contributed by atoms with Crippen LogP contribution in [0.5, 0.6) is 5.75 Å². The van der Waals surface area contributed by atoms with Crippen LogP contribution in [0.25, 0.3) is 0 Å². The van der Waals surface area contributed by atoms with Crippen LogP contribution < -0.4 is 14.4 Å². The van der Waals surface area contributed by atoms with Crippen LogP contribution in [0.1, 0.15) is 32.8 Å². The molecule has 0 aliphatic heterocycles.